The maximum absolute atomic E-state index is 13.1. The fourth-order valence-electron chi connectivity index (χ4n) is 3.89. The van der Waals surface area contributed by atoms with Crippen LogP contribution < -0.4 is 15.4 Å². The van der Waals surface area contributed by atoms with E-state index in [-0.39, 0.29) is 5.11 Å². The highest BCUT2D eigenvalue weighted by Crippen LogP contribution is 2.36. The minimum atomic E-state index is -0.419. The van der Waals surface area contributed by atoms with E-state index < -0.39 is 5.91 Å². The second kappa shape index (κ2) is 9.89. The first-order valence-electron chi connectivity index (χ1n) is 10.9. The molecule has 9 heteroatoms. The number of hydrogen-bond acceptors (Lipinski definition) is 5. The summed E-state index contributed by atoms with van der Waals surface area (Å²) in [4.78, 5) is 17.7. The summed E-state index contributed by atoms with van der Waals surface area (Å²) in [6, 6.07) is 20.6. The summed E-state index contributed by atoms with van der Waals surface area (Å²) in [5.74, 6) is 0.452. The highest BCUT2D eigenvalue weighted by Gasteiger charge is 2.19. The molecule has 0 fully saturated rings. The third kappa shape index (κ3) is 4.67. The fourth-order valence-corrected chi connectivity index (χ4v) is 5.00. The van der Waals surface area contributed by atoms with Crippen LogP contribution in [-0.4, -0.2) is 23.1 Å². The molecule has 5 aromatic rings. The summed E-state index contributed by atoms with van der Waals surface area (Å²) in [7, 11) is 1.51. The maximum atomic E-state index is 13.1. The molecule has 1 aromatic heterocycles. The molecule has 0 aliphatic heterocycles. The minimum Gasteiger partial charge on any atom is -0.495 e. The zero-order valence-corrected chi connectivity index (χ0v) is 22.3. The Kier molecular flexibility index (Phi) is 6.66. The van der Waals surface area contributed by atoms with Crippen LogP contribution >= 0.6 is 39.7 Å². The zero-order chi connectivity index (χ0) is 25.4. The number of aromatic nitrogens is 1. The summed E-state index contributed by atoms with van der Waals surface area (Å²) in [5, 5.41) is 8.04. The summed E-state index contributed by atoms with van der Waals surface area (Å²) in [6.45, 7) is 2.00. The average Bonchev–Trinajstić information content (AvgIpc) is 3.28. The van der Waals surface area contributed by atoms with Crippen molar-refractivity contribution in [2.24, 2.45) is 0 Å². The van der Waals surface area contributed by atoms with Gasteiger partial charge in [0.2, 0.25) is 5.89 Å². The number of ether oxygens (including phenoxy) is 1. The van der Waals surface area contributed by atoms with E-state index in [9.17, 15) is 4.79 Å². The van der Waals surface area contributed by atoms with E-state index in [4.69, 9.17) is 33.0 Å². The number of oxazole rings is 1. The third-order valence-electron chi connectivity index (χ3n) is 5.62. The number of halogens is 2. The lowest BCUT2D eigenvalue weighted by Crippen LogP contribution is -2.34. The average molecular weight is 581 g/mol. The van der Waals surface area contributed by atoms with Gasteiger partial charge in [-0.2, -0.15) is 0 Å². The van der Waals surface area contributed by atoms with Gasteiger partial charge >= 0.3 is 0 Å². The van der Waals surface area contributed by atoms with Gasteiger partial charge in [0.05, 0.1) is 27.9 Å². The molecule has 2 N–H and O–H groups in total. The third-order valence-corrected chi connectivity index (χ3v) is 6.94. The molecule has 0 saturated carbocycles. The number of amides is 1. The van der Waals surface area contributed by atoms with Gasteiger partial charge in [-0.3, -0.25) is 10.1 Å². The van der Waals surface area contributed by atoms with E-state index in [0.717, 1.165) is 21.9 Å². The topological polar surface area (TPSA) is 76.4 Å². The summed E-state index contributed by atoms with van der Waals surface area (Å²) in [6.07, 6.45) is 0. The highest BCUT2D eigenvalue weighted by molar-refractivity contribution is 9.10. The van der Waals surface area contributed by atoms with Crippen molar-refractivity contribution in [1.29, 1.82) is 0 Å². The fraction of sp³-hybridized carbons (Fsp3) is 0.0741. The van der Waals surface area contributed by atoms with E-state index in [1.165, 1.54) is 7.11 Å². The number of rotatable bonds is 4. The second-order valence-corrected chi connectivity index (χ2v) is 9.69. The molecule has 0 atom stereocenters. The molecule has 1 heterocycles. The first-order valence-corrected chi connectivity index (χ1v) is 12.5. The van der Waals surface area contributed by atoms with Crippen molar-refractivity contribution < 1.29 is 13.9 Å². The van der Waals surface area contributed by atoms with Crippen molar-refractivity contribution >= 4 is 78.3 Å². The van der Waals surface area contributed by atoms with E-state index >= 15 is 0 Å². The standard InChI is InChI=1S/C27H19BrClN3O3S/c1-14-7-10-22-21(11-14)30-26(35-22)16-8-9-19(29)20(13-16)31-27(36)32-25(33)18-12-15-5-3-4-6-17(15)23(28)24(18)34-2/h3-13H,1-2H3,(H2,31,32,33,36). The molecule has 0 aliphatic carbocycles. The summed E-state index contributed by atoms with van der Waals surface area (Å²) in [5.41, 5.74) is 4.12. The van der Waals surface area contributed by atoms with Gasteiger partial charge in [-0.1, -0.05) is 41.9 Å². The summed E-state index contributed by atoms with van der Waals surface area (Å²) < 4.78 is 12.1. The number of thiocarbonyl (C=S) groups is 1. The van der Waals surface area contributed by atoms with Gasteiger partial charge in [0.15, 0.2) is 10.7 Å². The number of nitrogens with one attached hydrogen (secondary N) is 2. The van der Waals surface area contributed by atoms with E-state index in [0.29, 0.717) is 43.5 Å². The van der Waals surface area contributed by atoms with Crippen molar-refractivity contribution in [3.63, 3.8) is 0 Å². The first kappa shape index (κ1) is 24.2. The molecule has 0 radical (unpaired) electrons. The van der Waals surface area contributed by atoms with Gasteiger partial charge in [0.25, 0.3) is 5.91 Å². The molecule has 0 spiro atoms. The van der Waals surface area contributed by atoms with Gasteiger partial charge in [-0.15, -0.1) is 0 Å². The van der Waals surface area contributed by atoms with E-state index in [1.807, 2.05) is 55.5 Å². The van der Waals surface area contributed by atoms with Crippen LogP contribution in [0.4, 0.5) is 5.69 Å². The molecule has 1 amide bonds. The molecule has 5 rings (SSSR count). The van der Waals surface area contributed by atoms with E-state index in [1.54, 1.807) is 18.2 Å². The predicted molar refractivity (Wildman–Crippen MR) is 151 cm³/mol. The summed E-state index contributed by atoms with van der Waals surface area (Å²) >= 11 is 15.4. The van der Waals surface area contributed by atoms with Gasteiger partial charge in [0, 0.05) is 5.56 Å². The Bertz CT molecular complexity index is 1670. The number of anilines is 1. The molecular weight excluding hydrogens is 562 g/mol. The van der Waals surface area contributed by atoms with Crippen LogP contribution in [0, 0.1) is 6.92 Å². The van der Waals surface area contributed by atoms with Gasteiger partial charge in [-0.25, -0.2) is 4.98 Å². The highest BCUT2D eigenvalue weighted by atomic mass is 79.9. The number of aryl methyl sites for hydroxylation is 1. The molecule has 36 heavy (non-hydrogen) atoms. The van der Waals surface area contributed by atoms with Crippen molar-refractivity contribution in [3.05, 3.63) is 87.4 Å². The van der Waals surface area contributed by atoms with Crippen LogP contribution in [0.5, 0.6) is 5.75 Å². The second-order valence-electron chi connectivity index (χ2n) is 8.09. The molecule has 0 saturated heterocycles. The van der Waals surface area contributed by atoms with Crippen LogP contribution in [0.25, 0.3) is 33.3 Å². The Labute approximate surface area is 225 Å². The van der Waals surface area contributed by atoms with Gasteiger partial charge in [0.1, 0.15) is 11.3 Å². The Morgan fingerprint density at radius 3 is 2.72 bits per heavy atom. The number of carbonyl (C=O) groups is 1. The lowest BCUT2D eigenvalue weighted by atomic mass is 10.1. The van der Waals surface area contributed by atoms with Crippen molar-refractivity contribution in [1.82, 2.24) is 10.3 Å². The Balaban J connectivity index is 1.39. The minimum absolute atomic E-state index is 0.0820. The Morgan fingerprint density at radius 2 is 1.92 bits per heavy atom. The molecule has 6 nitrogen and oxygen atoms in total. The molecule has 0 unspecified atom stereocenters. The molecule has 180 valence electrons. The molecular formula is C27H19BrClN3O3S. The number of benzene rings is 4. The van der Waals surface area contributed by atoms with Crippen LogP contribution in [0.2, 0.25) is 5.02 Å². The number of fused-ring (bicyclic) bond motifs is 2. The van der Waals surface area contributed by atoms with Crippen molar-refractivity contribution in [3.8, 4) is 17.2 Å². The van der Waals surface area contributed by atoms with E-state index in [2.05, 4.69) is 31.5 Å². The quantitative estimate of drug-likeness (QED) is 0.214. The molecule has 4 aromatic carbocycles. The van der Waals surface area contributed by atoms with Gasteiger partial charge < -0.3 is 14.5 Å². The maximum Gasteiger partial charge on any atom is 0.261 e. The van der Waals surface area contributed by atoms with Crippen LogP contribution in [0.15, 0.2) is 75.6 Å². The number of carbonyl (C=O) groups excluding carboxylic acids is 1. The van der Waals surface area contributed by atoms with Crippen molar-refractivity contribution in [2.75, 3.05) is 12.4 Å². The Hall–Kier alpha value is -3.46. The number of methoxy groups -OCH3 is 1. The normalized spacial score (nSPS) is 11.0. The number of nitrogens with zero attached hydrogens (tertiary/aromatic N) is 1. The van der Waals surface area contributed by atoms with Crippen LogP contribution in [0.1, 0.15) is 15.9 Å². The van der Waals surface area contributed by atoms with Crippen molar-refractivity contribution in [2.45, 2.75) is 6.92 Å². The monoisotopic (exact) mass is 579 g/mol. The smallest absolute Gasteiger partial charge is 0.261 e. The molecule has 0 aliphatic rings. The van der Waals surface area contributed by atoms with Crippen LogP contribution in [0.3, 0.4) is 0 Å². The lowest BCUT2D eigenvalue weighted by molar-refractivity contribution is 0.0975. The van der Waals surface area contributed by atoms with Crippen LogP contribution in [-0.2, 0) is 0 Å². The molecule has 0 bridgehead atoms. The van der Waals surface area contributed by atoms with Gasteiger partial charge in [-0.05, 0) is 87.8 Å². The SMILES string of the molecule is COc1c(C(=O)NC(=S)Nc2cc(-c3nc4cc(C)ccc4o3)ccc2Cl)cc2ccccc2c1Br. The number of hydrogen-bond donors (Lipinski definition) is 2. The lowest BCUT2D eigenvalue weighted by Gasteiger charge is -2.15. The first-order chi connectivity index (χ1) is 17.3. The largest absolute Gasteiger partial charge is 0.495 e. The Morgan fingerprint density at radius 1 is 1.11 bits per heavy atom. The predicted octanol–water partition coefficient (Wildman–Crippen LogP) is 7.51. The zero-order valence-electron chi connectivity index (χ0n) is 19.2.